The van der Waals surface area contributed by atoms with Gasteiger partial charge >= 0.3 is 5.69 Å². The number of rotatable bonds is 8. The number of hydrogen-bond acceptors (Lipinski definition) is 8. The zero-order chi connectivity index (χ0) is 16.2. The van der Waals surface area contributed by atoms with Crippen LogP contribution in [-0.4, -0.2) is 41.9 Å². The van der Waals surface area contributed by atoms with Crippen molar-refractivity contribution >= 4 is 32.0 Å². The molecule has 120 valence electrons. The summed E-state index contributed by atoms with van der Waals surface area (Å²) in [4.78, 5) is 10.2. The van der Waals surface area contributed by atoms with Gasteiger partial charge in [-0.05, 0) is 20.3 Å². The molecule has 0 fully saturated rings. The van der Waals surface area contributed by atoms with Gasteiger partial charge < -0.3 is 10.5 Å². The zero-order valence-electron chi connectivity index (χ0n) is 11.6. The lowest BCUT2D eigenvalue weighted by molar-refractivity contribution is -0.383. The number of nitrogens with zero attached hydrogens (tertiary/aromatic N) is 2. The van der Waals surface area contributed by atoms with Gasteiger partial charge in [-0.3, -0.25) is 10.1 Å². The van der Waals surface area contributed by atoms with Crippen molar-refractivity contribution in [2.24, 2.45) is 5.84 Å². The highest BCUT2D eigenvalue weighted by molar-refractivity contribution is 7.91. The summed E-state index contributed by atoms with van der Waals surface area (Å²) in [7, 11) is -3.88. The van der Waals surface area contributed by atoms with Crippen LogP contribution in [0.15, 0.2) is 10.3 Å². The molecule has 0 atom stereocenters. The number of nitro groups is 1. The van der Waals surface area contributed by atoms with Crippen LogP contribution in [0.3, 0.4) is 0 Å². The average molecular weight is 338 g/mol. The molecular weight excluding hydrogens is 320 g/mol. The smallest absolute Gasteiger partial charge is 0.306 e. The van der Waals surface area contributed by atoms with Crippen molar-refractivity contribution in [3.63, 3.8) is 0 Å². The molecule has 0 saturated carbocycles. The van der Waals surface area contributed by atoms with E-state index in [-0.39, 0.29) is 40.5 Å². The Labute approximate surface area is 126 Å². The first-order valence-electron chi connectivity index (χ1n) is 6.13. The van der Waals surface area contributed by atoms with Crippen LogP contribution in [0.4, 0.5) is 10.7 Å². The lowest BCUT2D eigenvalue weighted by Crippen LogP contribution is -2.37. The molecule has 1 aromatic rings. The monoisotopic (exact) mass is 338 g/mol. The fourth-order valence-corrected chi connectivity index (χ4v) is 4.77. The van der Waals surface area contributed by atoms with E-state index in [1.165, 1.54) is 4.31 Å². The van der Waals surface area contributed by atoms with Gasteiger partial charge in [0.25, 0.3) is 10.0 Å². The highest BCUT2D eigenvalue weighted by Gasteiger charge is 2.32. The lowest BCUT2D eigenvalue weighted by Gasteiger charge is -2.24. The first-order valence-corrected chi connectivity index (χ1v) is 8.38. The standard InChI is InChI=1S/C10H18N4O5S2/c1-7(2)13(4-3-5-15)21(18,19)9-6-8(14(16)17)10(12-11)20-9/h6-7,12,15H,3-5,11H2,1-2H3. The Morgan fingerprint density at radius 3 is 2.57 bits per heavy atom. The Balaban J connectivity index is 3.25. The normalized spacial score (nSPS) is 12.1. The Kier molecular flexibility index (Phi) is 6.04. The topological polar surface area (TPSA) is 139 Å². The van der Waals surface area contributed by atoms with E-state index in [1.807, 2.05) is 0 Å². The number of hydrazine groups is 1. The maximum Gasteiger partial charge on any atom is 0.306 e. The maximum absolute atomic E-state index is 12.5. The molecule has 4 N–H and O–H groups in total. The molecule has 0 unspecified atom stereocenters. The molecule has 21 heavy (non-hydrogen) atoms. The van der Waals surface area contributed by atoms with E-state index in [1.54, 1.807) is 13.8 Å². The van der Waals surface area contributed by atoms with E-state index in [2.05, 4.69) is 5.43 Å². The van der Waals surface area contributed by atoms with Gasteiger partial charge in [0, 0.05) is 25.3 Å². The lowest BCUT2D eigenvalue weighted by atomic mass is 10.3. The average Bonchev–Trinajstić information content (AvgIpc) is 2.83. The van der Waals surface area contributed by atoms with Crippen molar-refractivity contribution in [1.82, 2.24) is 4.31 Å². The Morgan fingerprint density at radius 2 is 2.19 bits per heavy atom. The van der Waals surface area contributed by atoms with E-state index in [4.69, 9.17) is 10.9 Å². The van der Waals surface area contributed by atoms with Crippen molar-refractivity contribution in [2.45, 2.75) is 30.5 Å². The second-order valence-corrected chi connectivity index (χ2v) is 7.64. The molecule has 1 aromatic heterocycles. The van der Waals surface area contributed by atoms with Crippen molar-refractivity contribution in [1.29, 1.82) is 0 Å². The molecule has 0 aliphatic heterocycles. The number of aliphatic hydroxyl groups excluding tert-OH is 1. The molecule has 0 bridgehead atoms. The molecule has 0 aliphatic rings. The molecular formula is C10H18N4O5S2. The van der Waals surface area contributed by atoms with E-state index in [0.717, 1.165) is 6.07 Å². The maximum atomic E-state index is 12.5. The first kappa shape index (κ1) is 17.8. The van der Waals surface area contributed by atoms with Crippen LogP contribution < -0.4 is 11.3 Å². The highest BCUT2D eigenvalue weighted by Crippen LogP contribution is 2.37. The second kappa shape index (κ2) is 7.13. The van der Waals surface area contributed by atoms with Crippen molar-refractivity contribution < 1.29 is 18.4 Å². The summed E-state index contributed by atoms with van der Waals surface area (Å²) in [6, 6.07) is 0.653. The summed E-state index contributed by atoms with van der Waals surface area (Å²) < 4.78 is 26.1. The van der Waals surface area contributed by atoms with Crippen molar-refractivity contribution in [3.8, 4) is 0 Å². The van der Waals surface area contributed by atoms with Crippen LogP contribution in [0.2, 0.25) is 0 Å². The number of aliphatic hydroxyl groups is 1. The largest absolute Gasteiger partial charge is 0.396 e. The van der Waals surface area contributed by atoms with Gasteiger partial charge in [-0.1, -0.05) is 11.3 Å². The minimum absolute atomic E-state index is 0.0237. The van der Waals surface area contributed by atoms with Gasteiger partial charge in [0.05, 0.1) is 4.92 Å². The predicted molar refractivity (Wildman–Crippen MR) is 79.5 cm³/mol. The third-order valence-corrected chi connectivity index (χ3v) is 6.27. The molecule has 0 aliphatic carbocycles. The summed E-state index contributed by atoms with van der Waals surface area (Å²) in [6.45, 7) is 3.38. The molecule has 9 nitrogen and oxygen atoms in total. The fourth-order valence-electron chi connectivity index (χ4n) is 1.72. The van der Waals surface area contributed by atoms with Gasteiger partial charge in [-0.2, -0.15) is 4.31 Å². The molecule has 0 saturated heterocycles. The molecule has 0 aromatic carbocycles. The summed E-state index contributed by atoms with van der Waals surface area (Å²) in [5.41, 5.74) is 1.75. The summed E-state index contributed by atoms with van der Waals surface area (Å²) in [6.07, 6.45) is 0.285. The van der Waals surface area contributed by atoms with Crippen LogP contribution in [0, 0.1) is 10.1 Å². The van der Waals surface area contributed by atoms with Crippen molar-refractivity contribution in [2.75, 3.05) is 18.6 Å². The van der Waals surface area contributed by atoms with Gasteiger partial charge in [0.15, 0.2) is 5.00 Å². The number of hydrogen-bond donors (Lipinski definition) is 3. The molecule has 0 spiro atoms. The third-order valence-electron chi connectivity index (χ3n) is 2.69. The van der Waals surface area contributed by atoms with Crippen LogP contribution >= 0.6 is 11.3 Å². The molecule has 0 radical (unpaired) electrons. The number of sulfonamides is 1. The Morgan fingerprint density at radius 1 is 1.57 bits per heavy atom. The number of nitrogens with one attached hydrogen (secondary N) is 1. The summed E-state index contributed by atoms with van der Waals surface area (Å²) in [5.74, 6) is 5.18. The number of anilines is 1. The predicted octanol–water partition coefficient (Wildman–Crippen LogP) is 0.723. The minimum atomic E-state index is -3.88. The molecule has 1 rings (SSSR count). The molecule has 11 heteroatoms. The SMILES string of the molecule is CC(C)N(CCCO)S(=O)(=O)c1cc([N+](=O)[O-])c(NN)s1. The van der Waals surface area contributed by atoms with Gasteiger partial charge in [-0.15, -0.1) is 0 Å². The Hall–Kier alpha value is -1.27. The molecule has 1 heterocycles. The van der Waals surface area contributed by atoms with Gasteiger partial charge in [0.2, 0.25) is 0 Å². The fraction of sp³-hybridized carbons (Fsp3) is 0.600. The van der Waals surface area contributed by atoms with Gasteiger partial charge in [-0.25, -0.2) is 14.3 Å². The van der Waals surface area contributed by atoms with E-state index < -0.39 is 14.9 Å². The van der Waals surface area contributed by atoms with Crippen LogP contribution in [0.25, 0.3) is 0 Å². The molecule has 0 amide bonds. The quantitative estimate of drug-likeness (QED) is 0.360. The van der Waals surface area contributed by atoms with E-state index in [9.17, 15) is 18.5 Å². The number of nitrogen functional groups attached to an aromatic ring is 1. The minimum Gasteiger partial charge on any atom is -0.396 e. The third kappa shape index (κ3) is 3.89. The van der Waals surface area contributed by atoms with E-state index >= 15 is 0 Å². The van der Waals surface area contributed by atoms with Crippen molar-refractivity contribution in [3.05, 3.63) is 16.2 Å². The van der Waals surface area contributed by atoms with Crippen LogP contribution in [0.5, 0.6) is 0 Å². The van der Waals surface area contributed by atoms with Crippen LogP contribution in [-0.2, 0) is 10.0 Å². The Bertz CT molecular complexity index is 599. The highest BCUT2D eigenvalue weighted by atomic mass is 32.2. The summed E-state index contributed by atoms with van der Waals surface area (Å²) >= 11 is 0.704. The zero-order valence-corrected chi connectivity index (χ0v) is 13.3. The van der Waals surface area contributed by atoms with Gasteiger partial charge in [0.1, 0.15) is 4.21 Å². The van der Waals surface area contributed by atoms with E-state index in [0.29, 0.717) is 11.3 Å². The second-order valence-electron chi connectivity index (χ2n) is 4.47. The van der Waals surface area contributed by atoms with Crippen LogP contribution in [0.1, 0.15) is 20.3 Å². The number of nitrogens with two attached hydrogens (primary N) is 1. The summed E-state index contributed by atoms with van der Waals surface area (Å²) in [5, 5.41) is 19.7. The number of thiophene rings is 1. The first-order chi connectivity index (χ1) is 9.75.